The van der Waals surface area contributed by atoms with Crippen LogP contribution >= 0.6 is 0 Å². The lowest BCUT2D eigenvalue weighted by atomic mass is 10.1. The number of pyridine rings is 1. The van der Waals surface area contributed by atoms with Crippen LogP contribution in [0.5, 0.6) is 0 Å². The fourth-order valence-corrected chi connectivity index (χ4v) is 2.42. The second-order valence-corrected chi connectivity index (χ2v) is 4.50. The highest BCUT2D eigenvalue weighted by atomic mass is 14.9. The number of rotatable bonds is 2. The first-order chi connectivity index (χ1) is 8.79. The van der Waals surface area contributed by atoms with Gasteiger partial charge in [0.1, 0.15) is 0 Å². The molecule has 0 amide bonds. The van der Waals surface area contributed by atoms with Gasteiger partial charge in [-0.05, 0) is 48.4 Å². The van der Waals surface area contributed by atoms with Crippen molar-refractivity contribution in [2.45, 2.75) is 6.92 Å². The molecule has 0 spiro atoms. The number of anilines is 1. The zero-order valence-electron chi connectivity index (χ0n) is 10.6. The third-order valence-electron chi connectivity index (χ3n) is 3.32. The summed E-state index contributed by atoms with van der Waals surface area (Å²) in [7, 11) is 1.94. The molecule has 0 atom stereocenters. The van der Waals surface area contributed by atoms with Crippen LogP contribution in [0.25, 0.3) is 16.8 Å². The maximum absolute atomic E-state index is 3.14. The minimum atomic E-state index is 1.14. The number of hydrogen-bond acceptors (Lipinski definition) is 1. The molecule has 0 saturated heterocycles. The lowest BCUT2D eigenvalue weighted by Gasteiger charge is -2.06. The van der Waals surface area contributed by atoms with Crippen LogP contribution in [0, 0.1) is 6.92 Å². The zero-order valence-corrected chi connectivity index (χ0v) is 10.6. The van der Waals surface area contributed by atoms with Crippen LogP contribution in [0.2, 0.25) is 0 Å². The van der Waals surface area contributed by atoms with Crippen molar-refractivity contribution in [1.82, 2.24) is 4.40 Å². The number of nitrogens with zero attached hydrogens (tertiary/aromatic N) is 1. The summed E-state index contributed by atoms with van der Waals surface area (Å²) in [5.74, 6) is 0. The molecule has 0 fully saturated rings. The lowest BCUT2D eigenvalue weighted by Crippen LogP contribution is -1.90. The van der Waals surface area contributed by atoms with Crippen molar-refractivity contribution in [1.29, 1.82) is 0 Å². The number of hydrogen-bond donors (Lipinski definition) is 1. The SMILES string of the molecule is CNc1ccc(-c2c(C)cc3ccccn23)cc1. The Hall–Kier alpha value is -2.22. The Morgan fingerprint density at radius 3 is 2.50 bits per heavy atom. The van der Waals surface area contributed by atoms with E-state index in [1.165, 1.54) is 22.3 Å². The van der Waals surface area contributed by atoms with Crippen LogP contribution in [0.4, 0.5) is 5.69 Å². The summed E-state index contributed by atoms with van der Waals surface area (Å²) >= 11 is 0. The van der Waals surface area contributed by atoms with Gasteiger partial charge >= 0.3 is 0 Å². The first-order valence-corrected chi connectivity index (χ1v) is 6.14. The number of fused-ring (bicyclic) bond motifs is 1. The minimum absolute atomic E-state index is 1.14. The fourth-order valence-electron chi connectivity index (χ4n) is 2.42. The zero-order chi connectivity index (χ0) is 12.5. The summed E-state index contributed by atoms with van der Waals surface area (Å²) in [4.78, 5) is 0. The third-order valence-corrected chi connectivity index (χ3v) is 3.32. The highest BCUT2D eigenvalue weighted by molar-refractivity contribution is 5.72. The van der Waals surface area contributed by atoms with E-state index in [-0.39, 0.29) is 0 Å². The van der Waals surface area contributed by atoms with Gasteiger partial charge in [-0.3, -0.25) is 0 Å². The minimum Gasteiger partial charge on any atom is -0.388 e. The Balaban J connectivity index is 2.20. The van der Waals surface area contributed by atoms with Crippen molar-refractivity contribution >= 4 is 11.2 Å². The van der Waals surface area contributed by atoms with Crippen LogP contribution < -0.4 is 5.32 Å². The van der Waals surface area contributed by atoms with Crippen molar-refractivity contribution in [3.05, 3.63) is 60.3 Å². The molecule has 2 heteroatoms. The molecule has 18 heavy (non-hydrogen) atoms. The smallest absolute Gasteiger partial charge is 0.0557 e. The molecular formula is C16H16N2. The van der Waals surface area contributed by atoms with Crippen LogP contribution in [0.1, 0.15) is 5.56 Å². The molecule has 1 N–H and O–H groups in total. The van der Waals surface area contributed by atoms with E-state index < -0.39 is 0 Å². The topological polar surface area (TPSA) is 16.4 Å². The van der Waals surface area contributed by atoms with E-state index >= 15 is 0 Å². The maximum atomic E-state index is 3.14. The third kappa shape index (κ3) is 1.66. The quantitative estimate of drug-likeness (QED) is 0.712. The number of benzene rings is 1. The molecule has 2 aromatic heterocycles. The van der Waals surface area contributed by atoms with Crippen LogP contribution in [0.15, 0.2) is 54.7 Å². The van der Waals surface area contributed by atoms with E-state index in [1.54, 1.807) is 0 Å². The maximum Gasteiger partial charge on any atom is 0.0557 e. The van der Waals surface area contributed by atoms with E-state index in [2.05, 4.69) is 71.4 Å². The molecule has 3 rings (SSSR count). The Morgan fingerprint density at radius 2 is 1.78 bits per heavy atom. The molecule has 0 aliphatic carbocycles. The van der Waals surface area contributed by atoms with Gasteiger partial charge in [-0.2, -0.15) is 0 Å². The largest absolute Gasteiger partial charge is 0.388 e. The van der Waals surface area contributed by atoms with Gasteiger partial charge in [0.15, 0.2) is 0 Å². The van der Waals surface area contributed by atoms with Crippen molar-refractivity contribution < 1.29 is 0 Å². The van der Waals surface area contributed by atoms with E-state index in [1.807, 2.05) is 7.05 Å². The Bertz CT molecular complexity index is 678. The standard InChI is InChI=1S/C16H16N2/c1-12-11-15-5-3-4-10-18(15)16(12)13-6-8-14(17-2)9-7-13/h3-11,17H,1-2H3. The average molecular weight is 236 g/mol. The molecule has 0 radical (unpaired) electrons. The molecule has 1 aromatic carbocycles. The summed E-state index contributed by atoms with van der Waals surface area (Å²) < 4.78 is 2.24. The monoisotopic (exact) mass is 236 g/mol. The normalized spacial score (nSPS) is 10.8. The van der Waals surface area contributed by atoms with Crippen LogP contribution in [-0.4, -0.2) is 11.4 Å². The number of aromatic nitrogens is 1. The Kier molecular flexibility index (Phi) is 2.56. The van der Waals surface area contributed by atoms with Gasteiger partial charge in [-0.1, -0.05) is 18.2 Å². The van der Waals surface area contributed by atoms with Gasteiger partial charge in [0.2, 0.25) is 0 Å². The summed E-state index contributed by atoms with van der Waals surface area (Å²) in [6, 6.07) is 17.0. The van der Waals surface area contributed by atoms with E-state index in [4.69, 9.17) is 0 Å². The van der Waals surface area contributed by atoms with Gasteiger partial charge in [-0.15, -0.1) is 0 Å². The lowest BCUT2D eigenvalue weighted by molar-refractivity contribution is 1.19. The molecule has 0 aliphatic heterocycles. The molecular weight excluding hydrogens is 220 g/mol. The molecule has 0 unspecified atom stereocenters. The molecule has 0 bridgehead atoms. The number of aryl methyl sites for hydroxylation is 1. The fraction of sp³-hybridized carbons (Fsp3) is 0.125. The van der Waals surface area contributed by atoms with E-state index in [9.17, 15) is 0 Å². The van der Waals surface area contributed by atoms with Crippen LogP contribution in [0.3, 0.4) is 0 Å². The second kappa shape index (κ2) is 4.22. The van der Waals surface area contributed by atoms with E-state index in [0.29, 0.717) is 0 Å². The second-order valence-electron chi connectivity index (χ2n) is 4.50. The van der Waals surface area contributed by atoms with Crippen molar-refractivity contribution in [3.63, 3.8) is 0 Å². The van der Waals surface area contributed by atoms with Gasteiger partial charge in [0.25, 0.3) is 0 Å². The Morgan fingerprint density at radius 1 is 1.00 bits per heavy atom. The van der Waals surface area contributed by atoms with E-state index in [0.717, 1.165) is 5.69 Å². The first-order valence-electron chi connectivity index (χ1n) is 6.14. The summed E-state index contributed by atoms with van der Waals surface area (Å²) in [6.07, 6.45) is 2.11. The number of nitrogens with one attached hydrogen (secondary N) is 1. The summed E-state index contributed by atoms with van der Waals surface area (Å²) in [5.41, 5.74) is 6.20. The average Bonchev–Trinajstić information content (AvgIpc) is 2.75. The molecule has 90 valence electrons. The van der Waals surface area contributed by atoms with Gasteiger partial charge in [0, 0.05) is 24.4 Å². The van der Waals surface area contributed by atoms with Gasteiger partial charge in [0.05, 0.1) is 5.69 Å². The summed E-state index contributed by atoms with van der Waals surface area (Å²) in [5, 5.41) is 3.14. The molecule has 3 aromatic rings. The first kappa shape index (κ1) is 10.9. The molecule has 0 saturated carbocycles. The highest BCUT2D eigenvalue weighted by Gasteiger charge is 2.08. The molecule has 0 aliphatic rings. The van der Waals surface area contributed by atoms with Crippen molar-refractivity contribution in [3.8, 4) is 11.3 Å². The Labute approximate surface area is 107 Å². The molecule has 2 nitrogen and oxygen atoms in total. The predicted molar refractivity (Wildman–Crippen MR) is 77.1 cm³/mol. The van der Waals surface area contributed by atoms with Crippen LogP contribution in [-0.2, 0) is 0 Å². The van der Waals surface area contributed by atoms with Crippen molar-refractivity contribution in [2.24, 2.45) is 0 Å². The molecule has 2 heterocycles. The van der Waals surface area contributed by atoms with Crippen molar-refractivity contribution in [2.75, 3.05) is 12.4 Å². The van der Waals surface area contributed by atoms with Gasteiger partial charge < -0.3 is 9.72 Å². The predicted octanol–water partition coefficient (Wildman–Crippen LogP) is 3.96. The summed E-state index contributed by atoms with van der Waals surface area (Å²) in [6.45, 7) is 2.16. The van der Waals surface area contributed by atoms with Gasteiger partial charge in [-0.25, -0.2) is 0 Å². The highest BCUT2D eigenvalue weighted by Crippen LogP contribution is 2.27.